The lowest BCUT2D eigenvalue weighted by Crippen LogP contribution is -2.28. The molecule has 0 spiro atoms. The van der Waals surface area contributed by atoms with Gasteiger partial charge in [0, 0.05) is 29.3 Å². The number of fused-ring (bicyclic) bond motifs is 5. The Balaban J connectivity index is 2.10. The van der Waals surface area contributed by atoms with Crippen LogP contribution in [0.5, 0.6) is 0 Å². The fourth-order valence-electron chi connectivity index (χ4n) is 4.80. The van der Waals surface area contributed by atoms with Crippen molar-refractivity contribution in [3.63, 3.8) is 0 Å². The lowest BCUT2D eigenvalue weighted by molar-refractivity contribution is 0.297. The van der Waals surface area contributed by atoms with E-state index in [-0.39, 0.29) is 0 Å². The zero-order chi connectivity index (χ0) is 12.6. The topological polar surface area (TPSA) is 3.24 Å². The number of nitrogens with zero attached hydrogens (tertiary/aromatic N) is 1. The van der Waals surface area contributed by atoms with Crippen molar-refractivity contribution in [3.8, 4) is 0 Å². The molecule has 2 aliphatic carbocycles. The Kier molecular flexibility index (Phi) is 1.89. The molecule has 3 rings (SSSR count). The van der Waals surface area contributed by atoms with Gasteiger partial charge in [0.1, 0.15) is 0 Å². The van der Waals surface area contributed by atoms with Crippen molar-refractivity contribution >= 4 is 0 Å². The van der Waals surface area contributed by atoms with Crippen molar-refractivity contribution in [1.82, 2.24) is 4.90 Å². The van der Waals surface area contributed by atoms with Crippen molar-refractivity contribution in [2.45, 2.75) is 40.2 Å². The molecule has 92 valence electrons. The van der Waals surface area contributed by atoms with E-state index in [0.717, 1.165) is 0 Å². The zero-order valence-electron chi connectivity index (χ0n) is 11.5. The molecule has 4 unspecified atom stereocenters. The minimum atomic E-state index is 0.309. The molecule has 0 N–H and O–H groups in total. The van der Waals surface area contributed by atoms with Crippen LogP contribution in [0, 0.1) is 22.7 Å². The van der Waals surface area contributed by atoms with Crippen LogP contribution in [-0.4, -0.2) is 10.9 Å². The summed E-state index contributed by atoms with van der Waals surface area (Å²) in [4.78, 5) is 2.37. The molecular weight excluding hydrogens is 206 g/mol. The third-order valence-corrected chi connectivity index (χ3v) is 5.21. The fourth-order valence-corrected chi connectivity index (χ4v) is 4.80. The van der Waals surface area contributed by atoms with E-state index in [1.807, 2.05) is 0 Å². The normalized spacial score (nSPS) is 47.5. The first-order valence-electron chi connectivity index (χ1n) is 6.67. The molecule has 2 bridgehead atoms. The molecule has 2 fully saturated rings. The third-order valence-electron chi connectivity index (χ3n) is 5.21. The van der Waals surface area contributed by atoms with Gasteiger partial charge >= 0.3 is 0 Å². The summed E-state index contributed by atoms with van der Waals surface area (Å²) in [6.07, 6.45) is 6.12. The minimum Gasteiger partial charge on any atom is -0.347 e. The van der Waals surface area contributed by atoms with Crippen LogP contribution < -0.4 is 0 Å². The maximum Gasteiger partial charge on any atom is 0.0279 e. The van der Waals surface area contributed by atoms with Gasteiger partial charge in [-0.3, -0.25) is 0 Å². The maximum atomic E-state index is 4.38. The summed E-state index contributed by atoms with van der Waals surface area (Å²) in [5, 5.41) is 0. The molecule has 1 heteroatoms. The predicted octanol–water partition coefficient (Wildman–Crippen LogP) is 3.96. The third kappa shape index (κ3) is 1.10. The van der Waals surface area contributed by atoms with Gasteiger partial charge < -0.3 is 4.90 Å². The highest BCUT2D eigenvalue weighted by Gasteiger charge is 2.64. The van der Waals surface area contributed by atoms with Crippen molar-refractivity contribution in [3.05, 3.63) is 36.7 Å². The number of likely N-dealkylation sites (tertiary alicyclic amines) is 1. The molecule has 1 aliphatic heterocycles. The average molecular weight is 229 g/mol. The number of hydrogen-bond acceptors (Lipinski definition) is 1. The lowest BCUT2D eigenvalue weighted by Gasteiger charge is -2.32. The van der Waals surface area contributed by atoms with Crippen LogP contribution in [0.15, 0.2) is 36.7 Å². The monoisotopic (exact) mass is 229 g/mol. The highest BCUT2D eigenvalue weighted by molar-refractivity contribution is 5.41. The standard InChI is InChI=1S/C16H23N/c1-10(2)17-11(3)13-14(12(17)4)16(6)8-7-15(13,5)9-16/h7-8,10,13-14H,3-4,9H2,1-2,5-6H3. The smallest absolute Gasteiger partial charge is 0.0279 e. The Bertz CT molecular complexity index is 408. The van der Waals surface area contributed by atoms with E-state index >= 15 is 0 Å². The first-order valence-corrected chi connectivity index (χ1v) is 6.67. The SMILES string of the molecule is C=C1C2C(C(=C)N1C(C)C)C1(C)C=CC2(C)C1. The molecular formula is C16H23N. The Labute approximate surface area is 105 Å². The van der Waals surface area contributed by atoms with Crippen LogP contribution in [0.2, 0.25) is 0 Å². The van der Waals surface area contributed by atoms with E-state index in [0.29, 0.717) is 28.7 Å². The zero-order valence-corrected chi connectivity index (χ0v) is 11.5. The van der Waals surface area contributed by atoms with Crippen LogP contribution in [0.1, 0.15) is 34.1 Å². The van der Waals surface area contributed by atoms with Gasteiger partial charge in [-0.05, 0) is 31.1 Å². The molecule has 0 aromatic carbocycles. The van der Waals surface area contributed by atoms with E-state index in [9.17, 15) is 0 Å². The van der Waals surface area contributed by atoms with Crippen LogP contribution in [0.4, 0.5) is 0 Å². The summed E-state index contributed by atoms with van der Waals surface area (Å²) in [6.45, 7) is 18.0. The summed E-state index contributed by atoms with van der Waals surface area (Å²) in [7, 11) is 0. The van der Waals surface area contributed by atoms with Gasteiger partial charge in [0.2, 0.25) is 0 Å². The van der Waals surface area contributed by atoms with E-state index in [2.05, 4.69) is 57.9 Å². The Morgan fingerprint density at radius 3 is 1.88 bits per heavy atom. The highest BCUT2D eigenvalue weighted by atomic mass is 15.2. The largest absolute Gasteiger partial charge is 0.347 e. The molecule has 1 saturated heterocycles. The first-order chi connectivity index (χ1) is 7.80. The van der Waals surface area contributed by atoms with E-state index in [1.165, 1.54) is 17.8 Å². The second kappa shape index (κ2) is 2.88. The van der Waals surface area contributed by atoms with Crippen LogP contribution >= 0.6 is 0 Å². The minimum absolute atomic E-state index is 0.309. The maximum absolute atomic E-state index is 4.38. The van der Waals surface area contributed by atoms with Crippen molar-refractivity contribution in [2.24, 2.45) is 22.7 Å². The molecule has 1 nitrogen and oxygen atoms in total. The molecule has 17 heavy (non-hydrogen) atoms. The van der Waals surface area contributed by atoms with Crippen LogP contribution in [0.25, 0.3) is 0 Å². The summed E-state index contributed by atoms with van der Waals surface area (Å²) in [5.74, 6) is 1.15. The number of hydrogen-bond donors (Lipinski definition) is 0. The summed E-state index contributed by atoms with van der Waals surface area (Å²) < 4.78 is 0. The predicted molar refractivity (Wildman–Crippen MR) is 72.2 cm³/mol. The Hall–Kier alpha value is -0.980. The number of rotatable bonds is 1. The van der Waals surface area contributed by atoms with Crippen molar-refractivity contribution in [1.29, 1.82) is 0 Å². The Morgan fingerprint density at radius 1 is 1.12 bits per heavy atom. The molecule has 0 amide bonds. The highest BCUT2D eigenvalue weighted by Crippen LogP contribution is 2.70. The molecule has 3 aliphatic rings. The van der Waals surface area contributed by atoms with Crippen molar-refractivity contribution in [2.75, 3.05) is 0 Å². The van der Waals surface area contributed by atoms with Gasteiger partial charge in [-0.2, -0.15) is 0 Å². The van der Waals surface area contributed by atoms with Gasteiger partial charge in [0.25, 0.3) is 0 Å². The van der Waals surface area contributed by atoms with Gasteiger partial charge in [-0.1, -0.05) is 39.2 Å². The van der Waals surface area contributed by atoms with E-state index < -0.39 is 0 Å². The van der Waals surface area contributed by atoms with Gasteiger partial charge in [0.05, 0.1) is 0 Å². The summed E-state index contributed by atoms with van der Waals surface area (Å²) >= 11 is 0. The fraction of sp³-hybridized carbons (Fsp3) is 0.625. The average Bonchev–Trinajstić information content (AvgIpc) is 2.72. The van der Waals surface area contributed by atoms with Gasteiger partial charge in [-0.25, -0.2) is 0 Å². The summed E-state index contributed by atoms with van der Waals surface area (Å²) in [6, 6.07) is 0.479. The van der Waals surface area contributed by atoms with Gasteiger partial charge in [0.15, 0.2) is 0 Å². The number of allylic oxidation sites excluding steroid dienone is 4. The molecule has 0 aromatic heterocycles. The first kappa shape index (κ1) is 11.1. The summed E-state index contributed by atoms with van der Waals surface area (Å²) in [5.41, 5.74) is 3.21. The van der Waals surface area contributed by atoms with E-state index in [4.69, 9.17) is 0 Å². The molecule has 0 aromatic rings. The lowest BCUT2D eigenvalue weighted by atomic mass is 9.72. The van der Waals surface area contributed by atoms with Gasteiger partial charge in [-0.15, -0.1) is 0 Å². The second-order valence-electron chi connectivity index (χ2n) is 6.92. The Morgan fingerprint density at radius 2 is 1.53 bits per heavy atom. The molecule has 4 atom stereocenters. The van der Waals surface area contributed by atoms with Crippen molar-refractivity contribution < 1.29 is 0 Å². The van der Waals surface area contributed by atoms with Crippen LogP contribution in [-0.2, 0) is 0 Å². The molecule has 1 heterocycles. The second-order valence-corrected chi connectivity index (χ2v) is 6.92. The molecule has 0 radical (unpaired) electrons. The quantitative estimate of drug-likeness (QED) is 0.615. The van der Waals surface area contributed by atoms with Crippen LogP contribution in [0.3, 0.4) is 0 Å². The van der Waals surface area contributed by atoms with E-state index in [1.54, 1.807) is 0 Å². The molecule has 1 saturated carbocycles.